The molecule has 0 spiro atoms. The molecule has 5 nitrogen and oxygen atoms in total. The summed E-state index contributed by atoms with van der Waals surface area (Å²) in [6, 6.07) is 5.86. The van der Waals surface area contributed by atoms with Crippen molar-refractivity contribution >= 4 is 16.5 Å². The second-order valence-corrected chi connectivity index (χ2v) is 4.72. The van der Waals surface area contributed by atoms with Crippen molar-refractivity contribution in [3.05, 3.63) is 34.9 Å². The zero-order chi connectivity index (χ0) is 14.7. The Hall–Kier alpha value is -2.30. The third-order valence-corrected chi connectivity index (χ3v) is 3.43. The monoisotopic (exact) mass is 270 g/mol. The number of nitrogens with zero attached hydrogens (tertiary/aromatic N) is 4. The van der Waals surface area contributed by atoms with E-state index in [4.69, 9.17) is 0 Å². The molecule has 0 unspecified atom stereocenters. The Morgan fingerprint density at radius 2 is 1.80 bits per heavy atom. The maximum Gasteiger partial charge on any atom is 0.171 e. The fourth-order valence-electron chi connectivity index (χ4n) is 2.28. The first-order valence-electron chi connectivity index (χ1n) is 6.41. The molecule has 0 heterocycles. The second kappa shape index (κ2) is 5.77. The molecule has 5 heteroatoms. The second-order valence-electron chi connectivity index (χ2n) is 4.72. The van der Waals surface area contributed by atoms with E-state index in [-0.39, 0.29) is 12.4 Å². The molecule has 104 valence electrons. The molecular formula is C15H18N4O. The third-order valence-electron chi connectivity index (χ3n) is 3.43. The van der Waals surface area contributed by atoms with Gasteiger partial charge in [0.1, 0.15) is 5.69 Å². The number of hydrogen-bond acceptors (Lipinski definition) is 5. The van der Waals surface area contributed by atoms with Crippen LogP contribution in [0, 0.1) is 20.8 Å². The van der Waals surface area contributed by atoms with E-state index < -0.39 is 0 Å². The summed E-state index contributed by atoms with van der Waals surface area (Å²) in [6.07, 6.45) is 0. The van der Waals surface area contributed by atoms with E-state index in [1.807, 2.05) is 26.8 Å². The van der Waals surface area contributed by atoms with Crippen molar-refractivity contribution in [2.75, 3.05) is 13.7 Å². The Morgan fingerprint density at radius 3 is 2.50 bits per heavy atom. The summed E-state index contributed by atoms with van der Waals surface area (Å²) in [5, 5.41) is 27.5. The minimum Gasteiger partial charge on any atom is -0.505 e. The Kier molecular flexibility index (Phi) is 4.08. The standard InChI is InChI=1S/C15H18N4O/c1-9-7-10(2)12-5-6-13(19-18-8-17-16-4)15(20)14(12)11(9)3/h5-7,20H,8H2,1-4H3. The van der Waals surface area contributed by atoms with Crippen LogP contribution in [0.2, 0.25) is 0 Å². The van der Waals surface area contributed by atoms with Gasteiger partial charge in [0.05, 0.1) is 0 Å². The zero-order valence-corrected chi connectivity index (χ0v) is 12.2. The van der Waals surface area contributed by atoms with Gasteiger partial charge in [0.15, 0.2) is 12.4 Å². The van der Waals surface area contributed by atoms with Gasteiger partial charge in [-0.3, -0.25) is 0 Å². The first-order valence-corrected chi connectivity index (χ1v) is 6.41. The predicted octanol–water partition coefficient (Wildman–Crippen LogP) is 4.59. The summed E-state index contributed by atoms with van der Waals surface area (Å²) in [5.41, 5.74) is 3.81. The van der Waals surface area contributed by atoms with Gasteiger partial charge in [0, 0.05) is 12.4 Å². The number of phenols is 1. The SMILES string of the molecule is CN=NCN=Nc1ccc2c(C)cc(C)c(C)c2c1O. The molecule has 0 fully saturated rings. The molecule has 0 aromatic heterocycles. The minimum absolute atomic E-state index is 0.166. The van der Waals surface area contributed by atoms with Crippen LogP contribution in [0.1, 0.15) is 16.7 Å². The highest BCUT2D eigenvalue weighted by Gasteiger charge is 2.11. The molecule has 1 N–H and O–H groups in total. The largest absolute Gasteiger partial charge is 0.505 e. The number of azo groups is 2. The normalized spacial score (nSPS) is 12.0. The maximum absolute atomic E-state index is 10.4. The number of fused-ring (bicyclic) bond motifs is 1. The number of rotatable bonds is 3. The van der Waals surface area contributed by atoms with Gasteiger partial charge in [-0.1, -0.05) is 12.1 Å². The van der Waals surface area contributed by atoms with Crippen LogP contribution in [0.3, 0.4) is 0 Å². The van der Waals surface area contributed by atoms with Crippen molar-refractivity contribution in [2.45, 2.75) is 20.8 Å². The molecule has 0 saturated carbocycles. The molecule has 0 radical (unpaired) electrons. The Bertz CT molecular complexity index is 705. The average molecular weight is 270 g/mol. The molecule has 0 bridgehead atoms. The summed E-state index contributed by atoms with van der Waals surface area (Å²) >= 11 is 0. The quantitative estimate of drug-likeness (QED) is 0.814. The van der Waals surface area contributed by atoms with Crippen LogP contribution in [0.25, 0.3) is 10.8 Å². The Morgan fingerprint density at radius 1 is 1.05 bits per heavy atom. The van der Waals surface area contributed by atoms with E-state index in [2.05, 4.69) is 26.5 Å². The minimum atomic E-state index is 0.166. The molecule has 0 aliphatic carbocycles. The number of phenolic OH excluding ortho intramolecular Hbond substituents is 1. The summed E-state index contributed by atoms with van der Waals surface area (Å²) < 4.78 is 0. The van der Waals surface area contributed by atoms with Crippen LogP contribution >= 0.6 is 0 Å². The van der Waals surface area contributed by atoms with E-state index in [1.54, 1.807) is 13.1 Å². The fraction of sp³-hybridized carbons (Fsp3) is 0.333. The first-order chi connectivity index (χ1) is 9.56. The van der Waals surface area contributed by atoms with Crippen molar-refractivity contribution in [1.29, 1.82) is 0 Å². The lowest BCUT2D eigenvalue weighted by molar-refractivity contribution is 0.482. The molecule has 2 aromatic carbocycles. The van der Waals surface area contributed by atoms with Gasteiger partial charge >= 0.3 is 0 Å². The lowest BCUT2D eigenvalue weighted by atomic mass is 9.95. The Balaban J connectivity index is 2.58. The van der Waals surface area contributed by atoms with Gasteiger partial charge in [0.25, 0.3) is 0 Å². The van der Waals surface area contributed by atoms with Crippen LogP contribution in [0.4, 0.5) is 5.69 Å². The predicted molar refractivity (Wildman–Crippen MR) is 80.0 cm³/mol. The van der Waals surface area contributed by atoms with E-state index in [0.717, 1.165) is 27.5 Å². The summed E-state index contributed by atoms with van der Waals surface area (Å²) in [6.45, 7) is 6.25. The summed E-state index contributed by atoms with van der Waals surface area (Å²) in [5.74, 6) is 0.170. The highest BCUT2D eigenvalue weighted by molar-refractivity contribution is 5.97. The first kappa shape index (κ1) is 14.1. The van der Waals surface area contributed by atoms with E-state index in [1.165, 1.54) is 0 Å². The van der Waals surface area contributed by atoms with Crippen molar-refractivity contribution < 1.29 is 5.11 Å². The molecule has 0 amide bonds. The van der Waals surface area contributed by atoms with Gasteiger partial charge in [-0.05, 0) is 48.9 Å². The molecule has 0 aliphatic rings. The summed E-state index contributed by atoms with van der Waals surface area (Å²) in [7, 11) is 1.58. The van der Waals surface area contributed by atoms with Crippen LogP contribution in [-0.4, -0.2) is 18.8 Å². The highest BCUT2D eigenvalue weighted by atomic mass is 16.3. The van der Waals surface area contributed by atoms with Gasteiger partial charge in [-0.15, -0.1) is 0 Å². The van der Waals surface area contributed by atoms with E-state index in [9.17, 15) is 5.11 Å². The lowest BCUT2D eigenvalue weighted by Gasteiger charge is -2.12. The molecule has 0 saturated heterocycles. The van der Waals surface area contributed by atoms with Crippen molar-refractivity contribution in [3.8, 4) is 5.75 Å². The molecule has 2 aromatic rings. The molecule has 2 rings (SSSR count). The lowest BCUT2D eigenvalue weighted by Crippen LogP contribution is -1.88. The highest BCUT2D eigenvalue weighted by Crippen LogP contribution is 2.39. The molecule has 20 heavy (non-hydrogen) atoms. The third kappa shape index (κ3) is 2.52. The number of aromatic hydroxyl groups is 1. The molecular weight excluding hydrogens is 252 g/mol. The number of benzene rings is 2. The van der Waals surface area contributed by atoms with Crippen LogP contribution in [0.15, 0.2) is 38.7 Å². The van der Waals surface area contributed by atoms with Gasteiger partial charge in [-0.25, -0.2) is 0 Å². The van der Waals surface area contributed by atoms with Crippen molar-refractivity contribution in [1.82, 2.24) is 0 Å². The summed E-state index contributed by atoms with van der Waals surface area (Å²) in [4.78, 5) is 0. The molecule has 0 aliphatic heterocycles. The fourth-order valence-corrected chi connectivity index (χ4v) is 2.28. The topological polar surface area (TPSA) is 69.7 Å². The van der Waals surface area contributed by atoms with Gasteiger partial charge in [-0.2, -0.15) is 20.5 Å². The van der Waals surface area contributed by atoms with Crippen molar-refractivity contribution in [2.24, 2.45) is 20.5 Å². The smallest absolute Gasteiger partial charge is 0.171 e. The van der Waals surface area contributed by atoms with Gasteiger partial charge < -0.3 is 5.11 Å². The van der Waals surface area contributed by atoms with E-state index >= 15 is 0 Å². The van der Waals surface area contributed by atoms with Gasteiger partial charge in [0.2, 0.25) is 0 Å². The number of hydrogen-bond donors (Lipinski definition) is 1. The number of aryl methyl sites for hydroxylation is 3. The van der Waals surface area contributed by atoms with E-state index in [0.29, 0.717) is 5.69 Å². The van der Waals surface area contributed by atoms with Crippen LogP contribution in [0.5, 0.6) is 5.75 Å². The van der Waals surface area contributed by atoms with Crippen LogP contribution < -0.4 is 0 Å². The maximum atomic E-state index is 10.4. The Labute approximate surface area is 118 Å². The van der Waals surface area contributed by atoms with Crippen LogP contribution in [-0.2, 0) is 0 Å². The average Bonchev–Trinajstić information content (AvgIpc) is 2.42. The zero-order valence-electron chi connectivity index (χ0n) is 12.2. The molecule has 0 atom stereocenters. The van der Waals surface area contributed by atoms with Crippen molar-refractivity contribution in [3.63, 3.8) is 0 Å².